The van der Waals surface area contributed by atoms with E-state index in [9.17, 15) is 0 Å². The van der Waals surface area contributed by atoms with Crippen LogP contribution in [0.5, 0.6) is 0 Å². The molecule has 2 heterocycles. The SMILES string of the molecule is CCCNC(CCC1CCCCO1)Cc1ccsc1. The second-order valence-electron chi connectivity index (χ2n) is 5.55. The molecule has 1 aliphatic heterocycles. The molecule has 108 valence electrons. The Morgan fingerprint density at radius 3 is 3.11 bits per heavy atom. The summed E-state index contributed by atoms with van der Waals surface area (Å²) in [5, 5.41) is 8.15. The zero-order valence-electron chi connectivity index (χ0n) is 12.1. The number of hydrogen-bond acceptors (Lipinski definition) is 3. The van der Waals surface area contributed by atoms with Crippen molar-refractivity contribution in [2.45, 2.75) is 64.0 Å². The van der Waals surface area contributed by atoms with E-state index in [0.717, 1.165) is 19.6 Å². The summed E-state index contributed by atoms with van der Waals surface area (Å²) in [6.45, 7) is 4.33. The predicted octanol–water partition coefficient (Wildman–Crippen LogP) is 4.01. The topological polar surface area (TPSA) is 21.3 Å². The molecule has 1 aliphatic rings. The minimum atomic E-state index is 0.516. The molecule has 0 amide bonds. The van der Waals surface area contributed by atoms with Crippen LogP contribution in [0, 0.1) is 0 Å². The Morgan fingerprint density at radius 2 is 2.42 bits per heavy atom. The summed E-state index contributed by atoms with van der Waals surface area (Å²) in [5.41, 5.74) is 1.48. The average molecular weight is 281 g/mol. The van der Waals surface area contributed by atoms with E-state index in [-0.39, 0.29) is 0 Å². The van der Waals surface area contributed by atoms with Crippen LogP contribution in [0.1, 0.15) is 51.0 Å². The maximum atomic E-state index is 5.84. The molecule has 0 aliphatic carbocycles. The standard InChI is InChI=1S/C16H27NOS/c1-2-9-17-15(12-14-8-11-19-13-14)6-7-16-5-3-4-10-18-16/h8,11,13,15-17H,2-7,9-10,12H2,1H3. The van der Waals surface area contributed by atoms with Gasteiger partial charge >= 0.3 is 0 Å². The fourth-order valence-electron chi connectivity index (χ4n) is 2.74. The van der Waals surface area contributed by atoms with Gasteiger partial charge in [0.05, 0.1) is 6.10 Å². The summed E-state index contributed by atoms with van der Waals surface area (Å²) in [4.78, 5) is 0. The first-order valence-electron chi connectivity index (χ1n) is 7.74. The van der Waals surface area contributed by atoms with Gasteiger partial charge in [-0.15, -0.1) is 0 Å². The van der Waals surface area contributed by atoms with Crippen molar-refractivity contribution >= 4 is 11.3 Å². The van der Waals surface area contributed by atoms with Crippen molar-refractivity contribution in [2.24, 2.45) is 0 Å². The van der Waals surface area contributed by atoms with Crippen LogP contribution in [0.4, 0.5) is 0 Å². The minimum absolute atomic E-state index is 0.516. The summed E-state index contributed by atoms with van der Waals surface area (Å²) in [5.74, 6) is 0. The summed E-state index contributed by atoms with van der Waals surface area (Å²) in [6, 6.07) is 2.86. The number of thiophene rings is 1. The Bertz CT molecular complexity index is 319. The largest absolute Gasteiger partial charge is 0.378 e. The molecule has 0 aromatic carbocycles. The van der Waals surface area contributed by atoms with E-state index in [1.165, 1.54) is 44.1 Å². The molecule has 2 unspecified atom stereocenters. The van der Waals surface area contributed by atoms with Gasteiger partial charge in [-0.1, -0.05) is 6.92 Å². The van der Waals surface area contributed by atoms with E-state index in [0.29, 0.717) is 12.1 Å². The van der Waals surface area contributed by atoms with Gasteiger partial charge in [-0.25, -0.2) is 0 Å². The van der Waals surface area contributed by atoms with Crippen LogP contribution in [-0.4, -0.2) is 25.3 Å². The fraction of sp³-hybridized carbons (Fsp3) is 0.750. The van der Waals surface area contributed by atoms with Crippen molar-refractivity contribution in [1.82, 2.24) is 5.32 Å². The highest BCUT2D eigenvalue weighted by molar-refractivity contribution is 7.07. The second-order valence-corrected chi connectivity index (χ2v) is 6.33. The predicted molar refractivity (Wildman–Crippen MR) is 82.9 cm³/mol. The highest BCUT2D eigenvalue weighted by atomic mass is 32.1. The molecule has 0 bridgehead atoms. The smallest absolute Gasteiger partial charge is 0.0575 e. The molecule has 2 rings (SSSR count). The minimum Gasteiger partial charge on any atom is -0.378 e. The third-order valence-corrected chi connectivity index (χ3v) is 4.59. The van der Waals surface area contributed by atoms with E-state index >= 15 is 0 Å². The van der Waals surface area contributed by atoms with Crippen LogP contribution >= 0.6 is 11.3 Å². The molecule has 2 nitrogen and oxygen atoms in total. The van der Waals surface area contributed by atoms with Crippen molar-refractivity contribution < 1.29 is 4.74 Å². The van der Waals surface area contributed by atoms with Crippen LogP contribution in [0.15, 0.2) is 16.8 Å². The Morgan fingerprint density at radius 1 is 1.47 bits per heavy atom. The molecule has 1 aromatic rings. The fourth-order valence-corrected chi connectivity index (χ4v) is 3.42. The van der Waals surface area contributed by atoms with Gasteiger partial charge in [0.1, 0.15) is 0 Å². The van der Waals surface area contributed by atoms with E-state index in [1.54, 1.807) is 11.3 Å². The molecule has 1 N–H and O–H groups in total. The van der Waals surface area contributed by atoms with Crippen LogP contribution in [0.3, 0.4) is 0 Å². The highest BCUT2D eigenvalue weighted by Crippen LogP contribution is 2.19. The van der Waals surface area contributed by atoms with Gasteiger partial charge in [-0.2, -0.15) is 11.3 Å². The Hall–Kier alpha value is -0.380. The first kappa shape index (κ1) is 15.0. The highest BCUT2D eigenvalue weighted by Gasteiger charge is 2.16. The molecular weight excluding hydrogens is 254 g/mol. The lowest BCUT2D eigenvalue weighted by atomic mass is 9.98. The Labute approximate surface area is 121 Å². The summed E-state index contributed by atoms with van der Waals surface area (Å²) < 4.78 is 5.84. The van der Waals surface area contributed by atoms with Gasteiger partial charge in [0, 0.05) is 12.6 Å². The van der Waals surface area contributed by atoms with Crippen LogP contribution in [0.2, 0.25) is 0 Å². The molecular formula is C16H27NOS. The lowest BCUT2D eigenvalue weighted by molar-refractivity contribution is 0.00859. The van der Waals surface area contributed by atoms with Crippen LogP contribution in [0.25, 0.3) is 0 Å². The molecule has 3 heteroatoms. The van der Waals surface area contributed by atoms with Crippen molar-refractivity contribution in [3.8, 4) is 0 Å². The molecule has 1 saturated heterocycles. The summed E-state index contributed by atoms with van der Waals surface area (Å²) in [6.07, 6.45) is 9.20. The maximum absolute atomic E-state index is 5.84. The van der Waals surface area contributed by atoms with Crippen LogP contribution in [-0.2, 0) is 11.2 Å². The van der Waals surface area contributed by atoms with Crippen molar-refractivity contribution in [3.05, 3.63) is 22.4 Å². The van der Waals surface area contributed by atoms with Gasteiger partial charge in [0.15, 0.2) is 0 Å². The zero-order chi connectivity index (χ0) is 13.3. The van der Waals surface area contributed by atoms with Crippen molar-refractivity contribution in [3.63, 3.8) is 0 Å². The van der Waals surface area contributed by atoms with Gasteiger partial charge < -0.3 is 10.1 Å². The summed E-state index contributed by atoms with van der Waals surface area (Å²) >= 11 is 1.80. The van der Waals surface area contributed by atoms with Gasteiger partial charge in [0.2, 0.25) is 0 Å². The van der Waals surface area contributed by atoms with Crippen LogP contribution < -0.4 is 5.32 Å². The monoisotopic (exact) mass is 281 g/mol. The summed E-state index contributed by atoms with van der Waals surface area (Å²) in [7, 11) is 0. The Kier molecular flexibility index (Phi) is 6.90. The van der Waals surface area contributed by atoms with Gasteiger partial charge in [-0.05, 0) is 73.9 Å². The van der Waals surface area contributed by atoms with E-state index in [4.69, 9.17) is 4.74 Å². The van der Waals surface area contributed by atoms with Gasteiger partial charge in [-0.3, -0.25) is 0 Å². The van der Waals surface area contributed by atoms with E-state index in [1.807, 2.05) is 0 Å². The first-order valence-corrected chi connectivity index (χ1v) is 8.69. The molecule has 1 aromatic heterocycles. The average Bonchev–Trinajstić information content (AvgIpc) is 2.96. The second kappa shape index (κ2) is 8.72. The maximum Gasteiger partial charge on any atom is 0.0575 e. The third-order valence-electron chi connectivity index (χ3n) is 3.86. The number of hydrogen-bond donors (Lipinski definition) is 1. The lowest BCUT2D eigenvalue weighted by Crippen LogP contribution is -2.33. The van der Waals surface area contributed by atoms with Gasteiger partial charge in [0.25, 0.3) is 0 Å². The lowest BCUT2D eigenvalue weighted by Gasteiger charge is -2.25. The van der Waals surface area contributed by atoms with Crippen molar-refractivity contribution in [2.75, 3.05) is 13.2 Å². The number of ether oxygens (including phenoxy) is 1. The molecule has 0 saturated carbocycles. The normalized spacial score (nSPS) is 21.4. The van der Waals surface area contributed by atoms with Crippen molar-refractivity contribution in [1.29, 1.82) is 0 Å². The molecule has 2 atom stereocenters. The quantitative estimate of drug-likeness (QED) is 0.777. The molecule has 19 heavy (non-hydrogen) atoms. The van der Waals surface area contributed by atoms with E-state index in [2.05, 4.69) is 29.1 Å². The number of rotatable bonds is 8. The zero-order valence-corrected chi connectivity index (χ0v) is 12.9. The van der Waals surface area contributed by atoms with E-state index < -0.39 is 0 Å². The Balaban J connectivity index is 1.75. The molecule has 0 spiro atoms. The third kappa shape index (κ3) is 5.64. The first-order chi connectivity index (χ1) is 9.38. The molecule has 0 radical (unpaired) electrons. The number of nitrogens with one attached hydrogen (secondary N) is 1. The molecule has 1 fully saturated rings.